The molecular weight excluding hydrogens is 358 g/mol. The van der Waals surface area contributed by atoms with Crippen molar-refractivity contribution in [1.82, 2.24) is 24.8 Å². The Bertz CT molecular complexity index is 1110. The molecule has 146 valence electrons. The van der Waals surface area contributed by atoms with Gasteiger partial charge in [0.2, 0.25) is 0 Å². The highest BCUT2D eigenvalue weighted by Gasteiger charge is 2.27. The first-order valence-corrected chi connectivity index (χ1v) is 9.20. The summed E-state index contributed by atoms with van der Waals surface area (Å²) in [5.41, 5.74) is 3.37. The molecule has 0 saturated heterocycles. The minimum atomic E-state index is -0.185. The molecule has 2 amide bonds. The molecule has 0 bridgehead atoms. The molecule has 2 N–H and O–H groups in total. The van der Waals surface area contributed by atoms with E-state index >= 15 is 0 Å². The Hall–Kier alpha value is -3.29. The van der Waals surface area contributed by atoms with Gasteiger partial charge in [0.15, 0.2) is 0 Å². The van der Waals surface area contributed by atoms with Gasteiger partial charge < -0.3 is 19.9 Å². The number of hydrogen-bond acceptors (Lipinski definition) is 4. The van der Waals surface area contributed by atoms with E-state index in [4.69, 9.17) is 4.74 Å². The van der Waals surface area contributed by atoms with E-state index in [0.717, 1.165) is 22.2 Å². The summed E-state index contributed by atoms with van der Waals surface area (Å²) in [6.45, 7) is 2.95. The summed E-state index contributed by atoms with van der Waals surface area (Å²) in [6.07, 6.45) is 2.65. The number of ether oxygens (including phenoxy) is 1. The van der Waals surface area contributed by atoms with Crippen molar-refractivity contribution in [3.63, 3.8) is 0 Å². The molecule has 0 aliphatic carbocycles. The van der Waals surface area contributed by atoms with Gasteiger partial charge in [0, 0.05) is 30.7 Å². The van der Waals surface area contributed by atoms with Crippen LogP contribution in [0.15, 0.2) is 29.2 Å². The Morgan fingerprint density at radius 3 is 2.96 bits per heavy atom. The summed E-state index contributed by atoms with van der Waals surface area (Å²) in [4.78, 5) is 34.2. The molecule has 8 nitrogen and oxygen atoms in total. The molecule has 1 aliphatic rings. The fourth-order valence-electron chi connectivity index (χ4n) is 3.58. The summed E-state index contributed by atoms with van der Waals surface area (Å²) in [5.74, 6) is 1.46. The zero-order valence-corrected chi connectivity index (χ0v) is 16.2. The third-order valence-corrected chi connectivity index (χ3v) is 5.32. The second kappa shape index (κ2) is 7.03. The van der Waals surface area contributed by atoms with Gasteiger partial charge in [0.05, 0.1) is 31.5 Å². The number of H-pyrrole nitrogens is 1. The van der Waals surface area contributed by atoms with Crippen LogP contribution in [0.3, 0.4) is 0 Å². The molecular formula is C20H23N5O3. The first kappa shape index (κ1) is 18.1. The zero-order valence-electron chi connectivity index (χ0n) is 16.2. The zero-order chi connectivity index (χ0) is 19.8. The second-order valence-electron chi connectivity index (χ2n) is 7.01. The maximum absolute atomic E-state index is 12.5. The van der Waals surface area contributed by atoms with Crippen molar-refractivity contribution in [3.8, 4) is 5.75 Å². The number of amides is 2. The molecule has 28 heavy (non-hydrogen) atoms. The highest BCUT2D eigenvalue weighted by atomic mass is 16.5. The lowest BCUT2D eigenvalue weighted by Gasteiger charge is -2.15. The predicted molar refractivity (Wildman–Crippen MR) is 105 cm³/mol. The molecule has 1 aromatic carbocycles. The third-order valence-electron chi connectivity index (χ3n) is 5.32. The van der Waals surface area contributed by atoms with Crippen molar-refractivity contribution < 1.29 is 9.53 Å². The number of carbonyl (C=O) groups is 1. The van der Waals surface area contributed by atoms with Crippen molar-refractivity contribution in [2.75, 3.05) is 13.7 Å². The van der Waals surface area contributed by atoms with E-state index in [-0.39, 0.29) is 11.6 Å². The van der Waals surface area contributed by atoms with E-state index < -0.39 is 0 Å². The van der Waals surface area contributed by atoms with Gasteiger partial charge in [-0.05, 0) is 37.1 Å². The van der Waals surface area contributed by atoms with Gasteiger partial charge in [0.1, 0.15) is 11.6 Å². The van der Waals surface area contributed by atoms with Gasteiger partial charge in [-0.2, -0.15) is 0 Å². The van der Waals surface area contributed by atoms with Gasteiger partial charge in [-0.25, -0.2) is 9.78 Å². The van der Waals surface area contributed by atoms with Crippen LogP contribution in [-0.4, -0.2) is 39.1 Å². The summed E-state index contributed by atoms with van der Waals surface area (Å²) >= 11 is 0. The number of nitrogens with zero attached hydrogens (tertiary/aromatic N) is 3. The number of aromatic amines is 1. The monoisotopic (exact) mass is 381 g/mol. The van der Waals surface area contributed by atoms with Crippen molar-refractivity contribution in [2.24, 2.45) is 7.05 Å². The van der Waals surface area contributed by atoms with Crippen LogP contribution in [0.5, 0.6) is 5.75 Å². The number of carbonyl (C=O) groups excluding carboxylic acids is 1. The molecule has 0 spiro atoms. The van der Waals surface area contributed by atoms with Crippen molar-refractivity contribution in [1.29, 1.82) is 0 Å². The molecule has 3 heterocycles. The number of rotatable bonds is 4. The van der Waals surface area contributed by atoms with Crippen molar-refractivity contribution >= 4 is 16.9 Å². The quantitative estimate of drug-likeness (QED) is 0.721. The normalized spacial score (nSPS) is 13.0. The maximum Gasteiger partial charge on any atom is 0.318 e. The summed E-state index contributed by atoms with van der Waals surface area (Å²) in [5, 5.41) is 4.03. The van der Waals surface area contributed by atoms with Crippen LogP contribution in [0.1, 0.15) is 22.6 Å². The fraction of sp³-hybridized carbons (Fsp3) is 0.350. The topological polar surface area (TPSA) is 92.2 Å². The number of aryl methyl sites for hydroxylation is 1. The van der Waals surface area contributed by atoms with Crippen molar-refractivity contribution in [2.45, 2.75) is 26.4 Å². The molecule has 0 fully saturated rings. The molecule has 8 heteroatoms. The first-order chi connectivity index (χ1) is 13.5. The van der Waals surface area contributed by atoms with Crippen LogP contribution >= 0.6 is 0 Å². The standard InChI is InChI=1S/C20H23N5O3/c1-12-23-18-11-25(10-16(18)19(26)24(12)2)20(27)21-7-6-13-9-22-17-5-4-14(28-3)8-15(13)17/h4-5,8-9,22H,6-7,10-11H2,1-3H3,(H,21,27). The van der Waals surface area contributed by atoms with Gasteiger partial charge in [-0.1, -0.05) is 0 Å². The maximum atomic E-state index is 12.5. The number of nitrogens with one attached hydrogen (secondary N) is 2. The fourth-order valence-corrected chi connectivity index (χ4v) is 3.58. The lowest BCUT2D eigenvalue weighted by molar-refractivity contribution is 0.198. The van der Waals surface area contributed by atoms with Crippen LogP contribution < -0.4 is 15.6 Å². The molecule has 0 unspecified atom stereocenters. The Labute approximate surface area is 162 Å². The molecule has 0 saturated carbocycles. The SMILES string of the molecule is COc1ccc2[nH]cc(CCNC(=O)N3Cc4nc(C)n(C)c(=O)c4C3)c2c1. The highest BCUT2D eigenvalue weighted by Crippen LogP contribution is 2.24. The van der Waals surface area contributed by atoms with E-state index in [1.165, 1.54) is 4.57 Å². The summed E-state index contributed by atoms with van der Waals surface area (Å²) in [7, 11) is 3.34. The molecule has 0 atom stereocenters. The highest BCUT2D eigenvalue weighted by molar-refractivity contribution is 5.84. The lowest BCUT2D eigenvalue weighted by atomic mass is 10.1. The van der Waals surface area contributed by atoms with E-state index in [0.29, 0.717) is 43.1 Å². The average molecular weight is 381 g/mol. The van der Waals surface area contributed by atoms with Crippen LogP contribution in [0.2, 0.25) is 0 Å². The van der Waals surface area contributed by atoms with Crippen LogP contribution in [0, 0.1) is 6.92 Å². The Kier molecular flexibility index (Phi) is 4.54. The van der Waals surface area contributed by atoms with E-state index in [9.17, 15) is 9.59 Å². The Balaban J connectivity index is 1.39. The number of fused-ring (bicyclic) bond motifs is 2. The summed E-state index contributed by atoms with van der Waals surface area (Å²) < 4.78 is 6.81. The first-order valence-electron chi connectivity index (χ1n) is 9.20. The smallest absolute Gasteiger partial charge is 0.318 e. The summed E-state index contributed by atoms with van der Waals surface area (Å²) in [6, 6.07) is 5.70. The van der Waals surface area contributed by atoms with Gasteiger partial charge >= 0.3 is 6.03 Å². The minimum absolute atomic E-state index is 0.0782. The third kappa shape index (κ3) is 3.11. The lowest BCUT2D eigenvalue weighted by Crippen LogP contribution is -2.37. The van der Waals surface area contributed by atoms with Crippen LogP contribution in [0.4, 0.5) is 4.79 Å². The molecule has 4 rings (SSSR count). The van der Waals surface area contributed by atoms with Crippen molar-refractivity contribution in [3.05, 3.63) is 57.4 Å². The number of hydrogen-bond donors (Lipinski definition) is 2. The minimum Gasteiger partial charge on any atom is -0.497 e. The van der Waals surface area contributed by atoms with Gasteiger partial charge in [0.25, 0.3) is 5.56 Å². The number of aromatic nitrogens is 3. The largest absolute Gasteiger partial charge is 0.497 e. The number of benzene rings is 1. The van der Waals surface area contributed by atoms with Gasteiger partial charge in [-0.3, -0.25) is 9.36 Å². The van der Waals surface area contributed by atoms with Gasteiger partial charge in [-0.15, -0.1) is 0 Å². The van der Waals surface area contributed by atoms with E-state index in [1.807, 2.05) is 24.4 Å². The molecule has 1 aliphatic heterocycles. The Morgan fingerprint density at radius 1 is 1.36 bits per heavy atom. The van der Waals surface area contributed by atoms with Crippen LogP contribution in [0.25, 0.3) is 10.9 Å². The second-order valence-corrected chi connectivity index (χ2v) is 7.01. The molecule has 0 radical (unpaired) electrons. The van der Waals surface area contributed by atoms with E-state index in [1.54, 1.807) is 26.0 Å². The predicted octanol–water partition coefficient (Wildman–Crippen LogP) is 1.85. The van der Waals surface area contributed by atoms with Crippen LogP contribution in [-0.2, 0) is 26.6 Å². The molecule has 3 aromatic rings. The molecule has 2 aromatic heterocycles. The average Bonchev–Trinajstić information content (AvgIpc) is 3.30. The Morgan fingerprint density at radius 2 is 2.18 bits per heavy atom. The van der Waals surface area contributed by atoms with E-state index in [2.05, 4.69) is 15.3 Å². The number of methoxy groups -OCH3 is 1. The number of urea groups is 1.